The molecule has 0 saturated heterocycles. The Morgan fingerprint density at radius 1 is 1.31 bits per heavy atom. The van der Waals surface area contributed by atoms with Gasteiger partial charge in [0, 0.05) is 11.9 Å². The number of thiophene rings is 1. The standard InChI is InChI=1S/C17H16ClN3O3S2/c1-21(9-11-7-8-14(18)26-11)15(22)10-25-17-20-19-16(24-17)12-5-3-4-6-13(12)23-2/h3-8H,9-10H2,1-2H3. The first-order valence-electron chi connectivity index (χ1n) is 7.64. The van der Waals surface area contributed by atoms with Gasteiger partial charge >= 0.3 is 0 Å². The fraction of sp³-hybridized carbons (Fsp3) is 0.235. The number of amides is 1. The van der Waals surface area contributed by atoms with E-state index in [1.165, 1.54) is 23.1 Å². The summed E-state index contributed by atoms with van der Waals surface area (Å²) in [6, 6.07) is 11.1. The van der Waals surface area contributed by atoms with Crippen LogP contribution in [0.1, 0.15) is 4.88 Å². The minimum absolute atomic E-state index is 0.0310. The van der Waals surface area contributed by atoms with Crippen molar-refractivity contribution in [3.63, 3.8) is 0 Å². The molecular weight excluding hydrogens is 394 g/mol. The van der Waals surface area contributed by atoms with Gasteiger partial charge in [0.25, 0.3) is 11.1 Å². The maximum Gasteiger partial charge on any atom is 0.277 e. The average molecular weight is 410 g/mol. The van der Waals surface area contributed by atoms with Crippen LogP contribution in [0.5, 0.6) is 5.75 Å². The lowest BCUT2D eigenvalue weighted by atomic mass is 10.2. The average Bonchev–Trinajstić information content (AvgIpc) is 3.28. The lowest BCUT2D eigenvalue weighted by Crippen LogP contribution is -2.27. The third kappa shape index (κ3) is 4.57. The fourth-order valence-electron chi connectivity index (χ4n) is 2.19. The molecule has 136 valence electrons. The maximum absolute atomic E-state index is 12.3. The van der Waals surface area contributed by atoms with Crippen molar-refractivity contribution < 1.29 is 13.9 Å². The number of carbonyl (C=O) groups is 1. The van der Waals surface area contributed by atoms with E-state index in [1.807, 2.05) is 36.4 Å². The van der Waals surface area contributed by atoms with E-state index >= 15 is 0 Å². The van der Waals surface area contributed by atoms with Gasteiger partial charge in [-0.05, 0) is 24.3 Å². The Morgan fingerprint density at radius 3 is 2.85 bits per heavy atom. The molecule has 3 aromatic rings. The summed E-state index contributed by atoms with van der Waals surface area (Å²) in [7, 11) is 3.34. The van der Waals surface area contributed by atoms with Crippen LogP contribution in [0.25, 0.3) is 11.5 Å². The van der Waals surface area contributed by atoms with Crippen LogP contribution in [-0.4, -0.2) is 40.9 Å². The Kier molecular flexibility index (Phi) is 6.18. The molecule has 6 nitrogen and oxygen atoms in total. The van der Waals surface area contributed by atoms with Gasteiger partial charge in [-0.15, -0.1) is 21.5 Å². The van der Waals surface area contributed by atoms with Crippen LogP contribution in [0, 0.1) is 0 Å². The Hall–Kier alpha value is -2.03. The highest BCUT2D eigenvalue weighted by molar-refractivity contribution is 7.99. The van der Waals surface area contributed by atoms with Gasteiger partial charge < -0.3 is 14.1 Å². The number of hydrogen-bond acceptors (Lipinski definition) is 7. The van der Waals surface area contributed by atoms with E-state index in [0.717, 1.165) is 4.88 Å². The van der Waals surface area contributed by atoms with Gasteiger partial charge in [0.05, 0.1) is 29.3 Å². The van der Waals surface area contributed by atoms with Crippen LogP contribution >= 0.6 is 34.7 Å². The van der Waals surface area contributed by atoms with Crippen molar-refractivity contribution in [1.82, 2.24) is 15.1 Å². The van der Waals surface area contributed by atoms with Crippen LogP contribution in [0.15, 0.2) is 46.0 Å². The molecule has 0 saturated carbocycles. The van der Waals surface area contributed by atoms with Crippen LogP contribution in [-0.2, 0) is 11.3 Å². The largest absolute Gasteiger partial charge is 0.496 e. The number of carbonyl (C=O) groups excluding carboxylic acids is 1. The predicted octanol–water partition coefficient (Wildman–Crippen LogP) is 4.21. The summed E-state index contributed by atoms with van der Waals surface area (Å²) in [5.41, 5.74) is 0.715. The van der Waals surface area contributed by atoms with Gasteiger partial charge in [-0.2, -0.15) is 0 Å². The zero-order chi connectivity index (χ0) is 18.5. The number of hydrogen-bond donors (Lipinski definition) is 0. The van der Waals surface area contributed by atoms with E-state index in [-0.39, 0.29) is 11.7 Å². The molecule has 0 bridgehead atoms. The van der Waals surface area contributed by atoms with Crippen molar-refractivity contribution >= 4 is 40.6 Å². The molecule has 0 fully saturated rings. The fourth-order valence-corrected chi connectivity index (χ4v) is 4.04. The highest BCUT2D eigenvalue weighted by atomic mass is 35.5. The van der Waals surface area contributed by atoms with Gasteiger partial charge in [0.2, 0.25) is 5.91 Å². The van der Waals surface area contributed by atoms with Crippen LogP contribution in [0.4, 0.5) is 0 Å². The highest BCUT2D eigenvalue weighted by Gasteiger charge is 2.16. The lowest BCUT2D eigenvalue weighted by molar-refractivity contribution is -0.127. The molecule has 2 aromatic heterocycles. The van der Waals surface area contributed by atoms with Crippen LogP contribution in [0.2, 0.25) is 4.34 Å². The third-order valence-electron chi connectivity index (χ3n) is 3.51. The Morgan fingerprint density at radius 2 is 2.12 bits per heavy atom. The van der Waals surface area contributed by atoms with Gasteiger partial charge in [0.15, 0.2) is 0 Å². The van der Waals surface area contributed by atoms with E-state index in [2.05, 4.69) is 10.2 Å². The first kappa shape index (κ1) is 18.8. The van der Waals surface area contributed by atoms with Crippen molar-refractivity contribution in [2.75, 3.05) is 19.9 Å². The Bertz CT molecular complexity index is 897. The number of rotatable bonds is 7. The normalized spacial score (nSPS) is 10.7. The van der Waals surface area contributed by atoms with Crippen molar-refractivity contribution in [2.24, 2.45) is 0 Å². The molecule has 0 aliphatic heterocycles. The number of aromatic nitrogens is 2. The summed E-state index contributed by atoms with van der Waals surface area (Å²) in [5.74, 6) is 1.19. The summed E-state index contributed by atoms with van der Waals surface area (Å²) < 4.78 is 11.6. The van der Waals surface area contributed by atoms with Gasteiger partial charge in [-0.3, -0.25) is 4.79 Å². The van der Waals surface area contributed by atoms with Crippen LogP contribution in [0.3, 0.4) is 0 Å². The molecule has 0 radical (unpaired) electrons. The SMILES string of the molecule is COc1ccccc1-c1nnc(SCC(=O)N(C)Cc2ccc(Cl)s2)o1. The number of methoxy groups -OCH3 is 1. The number of thioether (sulfide) groups is 1. The second kappa shape index (κ2) is 8.57. The van der Waals surface area contributed by atoms with Crippen molar-refractivity contribution in [2.45, 2.75) is 11.8 Å². The molecule has 0 N–H and O–H groups in total. The smallest absolute Gasteiger partial charge is 0.277 e. The monoisotopic (exact) mass is 409 g/mol. The quantitative estimate of drug-likeness (QED) is 0.544. The summed E-state index contributed by atoms with van der Waals surface area (Å²) in [4.78, 5) is 15.0. The zero-order valence-electron chi connectivity index (χ0n) is 14.1. The lowest BCUT2D eigenvalue weighted by Gasteiger charge is -2.15. The van der Waals surface area contributed by atoms with E-state index in [4.69, 9.17) is 20.8 Å². The van der Waals surface area contributed by atoms with Crippen LogP contribution < -0.4 is 4.74 Å². The summed E-state index contributed by atoms with van der Waals surface area (Å²) in [6.07, 6.45) is 0. The Balaban J connectivity index is 1.58. The number of nitrogens with zero attached hydrogens (tertiary/aromatic N) is 3. The number of para-hydroxylation sites is 1. The predicted molar refractivity (Wildman–Crippen MR) is 103 cm³/mol. The molecule has 9 heteroatoms. The van der Waals surface area contributed by atoms with Gasteiger partial charge in [-0.25, -0.2) is 0 Å². The summed E-state index contributed by atoms with van der Waals surface area (Å²) >= 11 is 8.58. The molecule has 0 unspecified atom stereocenters. The molecule has 2 heterocycles. The molecule has 0 aliphatic carbocycles. The molecule has 0 aliphatic rings. The first-order chi connectivity index (χ1) is 12.6. The van der Waals surface area contributed by atoms with Gasteiger partial charge in [-0.1, -0.05) is 35.5 Å². The van der Waals surface area contributed by atoms with Crippen molar-refractivity contribution in [3.05, 3.63) is 45.6 Å². The summed E-state index contributed by atoms with van der Waals surface area (Å²) in [6.45, 7) is 0.521. The minimum atomic E-state index is -0.0310. The molecule has 3 rings (SSSR count). The maximum atomic E-state index is 12.3. The topological polar surface area (TPSA) is 68.5 Å². The Labute approximate surface area is 164 Å². The van der Waals surface area contributed by atoms with Gasteiger partial charge in [0.1, 0.15) is 5.75 Å². The number of halogens is 1. The third-order valence-corrected chi connectivity index (χ3v) is 5.53. The number of benzene rings is 1. The number of ether oxygens (including phenoxy) is 1. The first-order valence-corrected chi connectivity index (χ1v) is 9.82. The minimum Gasteiger partial charge on any atom is -0.496 e. The van der Waals surface area contributed by atoms with E-state index in [1.54, 1.807) is 19.1 Å². The molecular formula is C17H16ClN3O3S2. The second-order valence-corrected chi connectivity index (χ2v) is 8.04. The molecule has 1 aromatic carbocycles. The second-order valence-electron chi connectivity index (χ2n) is 5.32. The molecule has 1 amide bonds. The zero-order valence-corrected chi connectivity index (χ0v) is 16.5. The summed E-state index contributed by atoms with van der Waals surface area (Å²) in [5, 5.41) is 8.36. The van der Waals surface area contributed by atoms with Crippen molar-refractivity contribution in [3.8, 4) is 17.2 Å². The van der Waals surface area contributed by atoms with E-state index < -0.39 is 0 Å². The molecule has 0 atom stereocenters. The highest BCUT2D eigenvalue weighted by Crippen LogP contribution is 2.30. The van der Waals surface area contributed by atoms with Crippen molar-refractivity contribution in [1.29, 1.82) is 0 Å². The molecule has 26 heavy (non-hydrogen) atoms. The van der Waals surface area contributed by atoms with E-state index in [0.29, 0.717) is 33.3 Å². The van der Waals surface area contributed by atoms with E-state index in [9.17, 15) is 4.79 Å². The molecule has 0 spiro atoms.